The molecule has 158 valence electrons. The molecule has 1 aliphatic heterocycles. The molecule has 0 aliphatic carbocycles. The van der Waals surface area contributed by atoms with Crippen molar-refractivity contribution >= 4 is 16.0 Å². The van der Waals surface area contributed by atoms with Crippen LogP contribution in [0.4, 0.5) is 26.3 Å². The topological polar surface area (TPSA) is 67.6 Å². The average molecular weight is 440 g/mol. The van der Waals surface area contributed by atoms with Crippen LogP contribution in [0.25, 0.3) is 0 Å². The second-order valence-corrected chi connectivity index (χ2v) is 8.20. The van der Waals surface area contributed by atoms with E-state index in [1.165, 1.54) is 4.68 Å². The Bertz CT molecular complexity index is 1050. The third kappa shape index (κ3) is 3.95. The summed E-state index contributed by atoms with van der Waals surface area (Å²) in [5.41, 5.74) is -2.39. The van der Waals surface area contributed by atoms with Crippen molar-refractivity contribution in [2.75, 3.05) is 13.1 Å². The summed E-state index contributed by atoms with van der Waals surface area (Å²) >= 11 is 0. The Morgan fingerprint density at radius 3 is 1.93 bits per heavy atom. The monoisotopic (exact) mass is 440 g/mol. The number of sulfonamides is 1. The zero-order valence-corrected chi connectivity index (χ0v) is 15.8. The molecule has 0 spiro atoms. The van der Waals surface area contributed by atoms with Crippen LogP contribution in [0.15, 0.2) is 34.2 Å². The Balaban J connectivity index is 2.14. The lowest BCUT2D eigenvalue weighted by Crippen LogP contribution is -2.39. The standard InChI is InChI=1S/C16H14F6N4O2S/c1-9-5-10(2)26(24-9)14-23-3-4-25(14)29(27,28)13-7-11(15(17,18)19)6-12(8-13)16(20,21)22/h5-8H,3-4H2,1-2H3. The smallest absolute Gasteiger partial charge is 0.248 e. The summed E-state index contributed by atoms with van der Waals surface area (Å²) < 4.78 is 106. The lowest BCUT2D eigenvalue weighted by atomic mass is 10.1. The van der Waals surface area contributed by atoms with Gasteiger partial charge in [0.2, 0.25) is 5.96 Å². The highest BCUT2D eigenvalue weighted by atomic mass is 32.2. The second kappa shape index (κ2) is 6.75. The summed E-state index contributed by atoms with van der Waals surface area (Å²) in [7, 11) is -4.77. The lowest BCUT2D eigenvalue weighted by Gasteiger charge is -2.22. The molecule has 0 amide bonds. The van der Waals surface area contributed by atoms with E-state index >= 15 is 0 Å². The second-order valence-electron chi connectivity index (χ2n) is 6.34. The predicted octanol–water partition coefficient (Wildman–Crippen LogP) is 3.45. The summed E-state index contributed by atoms with van der Waals surface area (Å²) in [6, 6.07) is 1.86. The van der Waals surface area contributed by atoms with E-state index in [1.54, 1.807) is 19.9 Å². The number of halogens is 6. The van der Waals surface area contributed by atoms with Gasteiger partial charge in [-0.2, -0.15) is 31.4 Å². The van der Waals surface area contributed by atoms with E-state index in [1.807, 2.05) is 0 Å². The van der Waals surface area contributed by atoms with E-state index in [0.717, 1.165) is 0 Å². The molecule has 0 bridgehead atoms. The molecule has 2 aromatic rings. The fourth-order valence-corrected chi connectivity index (χ4v) is 4.33. The van der Waals surface area contributed by atoms with Crippen LogP contribution in [0.3, 0.4) is 0 Å². The third-order valence-electron chi connectivity index (χ3n) is 4.13. The highest BCUT2D eigenvalue weighted by Crippen LogP contribution is 2.38. The maximum Gasteiger partial charge on any atom is 0.416 e. The molecule has 0 saturated heterocycles. The highest BCUT2D eigenvalue weighted by molar-refractivity contribution is 7.89. The minimum absolute atomic E-state index is 0.0159. The lowest BCUT2D eigenvalue weighted by molar-refractivity contribution is -0.143. The van der Waals surface area contributed by atoms with Gasteiger partial charge in [0.05, 0.1) is 34.8 Å². The van der Waals surface area contributed by atoms with Gasteiger partial charge in [-0.15, -0.1) is 0 Å². The van der Waals surface area contributed by atoms with Crippen molar-refractivity contribution in [3.05, 3.63) is 46.8 Å². The number of aliphatic imine (C=N–C) groups is 1. The normalized spacial score (nSPS) is 15.7. The van der Waals surface area contributed by atoms with Crippen LogP contribution in [0.1, 0.15) is 22.5 Å². The first-order valence-corrected chi connectivity index (χ1v) is 9.55. The van der Waals surface area contributed by atoms with Gasteiger partial charge in [0, 0.05) is 5.69 Å². The summed E-state index contributed by atoms with van der Waals surface area (Å²) in [6.07, 6.45) is -10.3. The summed E-state index contributed by atoms with van der Waals surface area (Å²) in [6.45, 7) is 2.99. The molecule has 1 aromatic heterocycles. The Morgan fingerprint density at radius 2 is 1.48 bits per heavy atom. The first-order valence-electron chi connectivity index (χ1n) is 8.11. The minimum atomic E-state index is -5.16. The molecule has 0 N–H and O–H groups in total. The predicted molar refractivity (Wildman–Crippen MR) is 89.7 cm³/mol. The molecule has 1 aliphatic rings. The number of alkyl halides is 6. The molecule has 0 fully saturated rings. The van der Waals surface area contributed by atoms with Gasteiger partial charge < -0.3 is 0 Å². The molecule has 0 unspecified atom stereocenters. The number of nitrogens with zero attached hydrogens (tertiary/aromatic N) is 4. The van der Waals surface area contributed by atoms with E-state index in [9.17, 15) is 34.8 Å². The van der Waals surface area contributed by atoms with Crippen molar-refractivity contribution in [2.24, 2.45) is 4.99 Å². The number of aryl methyl sites for hydroxylation is 2. The van der Waals surface area contributed by atoms with Crippen LogP contribution in [-0.4, -0.2) is 41.6 Å². The molecule has 0 radical (unpaired) electrons. The molecular formula is C16H14F6N4O2S. The molecule has 0 saturated carbocycles. The SMILES string of the molecule is Cc1cc(C)n(C2=NCCN2S(=O)(=O)c2cc(C(F)(F)F)cc(C(F)(F)F)c2)n1. The number of rotatable bonds is 2. The van der Waals surface area contributed by atoms with Crippen molar-refractivity contribution in [3.8, 4) is 0 Å². The molecule has 1 aromatic carbocycles. The molecule has 29 heavy (non-hydrogen) atoms. The molecule has 6 nitrogen and oxygen atoms in total. The van der Waals surface area contributed by atoms with E-state index in [2.05, 4.69) is 10.1 Å². The van der Waals surface area contributed by atoms with Crippen molar-refractivity contribution < 1.29 is 34.8 Å². The Hall–Kier alpha value is -2.57. The van der Waals surface area contributed by atoms with Gasteiger partial charge in [0.15, 0.2) is 0 Å². The van der Waals surface area contributed by atoms with Crippen LogP contribution in [0.5, 0.6) is 0 Å². The molecule has 3 rings (SSSR count). The first-order chi connectivity index (χ1) is 13.2. The van der Waals surface area contributed by atoms with Crippen LogP contribution in [0.2, 0.25) is 0 Å². The summed E-state index contributed by atoms with van der Waals surface area (Å²) in [4.78, 5) is 2.89. The Labute approximate surface area is 161 Å². The Morgan fingerprint density at radius 1 is 0.931 bits per heavy atom. The van der Waals surface area contributed by atoms with Crippen molar-refractivity contribution in [2.45, 2.75) is 31.1 Å². The van der Waals surface area contributed by atoms with E-state index < -0.39 is 38.4 Å². The zero-order valence-electron chi connectivity index (χ0n) is 15.0. The fourth-order valence-electron chi connectivity index (χ4n) is 2.85. The highest BCUT2D eigenvalue weighted by Gasteiger charge is 2.40. The van der Waals surface area contributed by atoms with Crippen molar-refractivity contribution in [3.63, 3.8) is 0 Å². The van der Waals surface area contributed by atoms with E-state index in [4.69, 9.17) is 0 Å². The van der Waals surface area contributed by atoms with Gasteiger partial charge >= 0.3 is 12.4 Å². The van der Waals surface area contributed by atoms with Crippen LogP contribution < -0.4 is 0 Å². The first kappa shape index (κ1) is 21.1. The third-order valence-corrected chi connectivity index (χ3v) is 5.89. The molecular weight excluding hydrogens is 426 g/mol. The quantitative estimate of drug-likeness (QED) is 0.672. The maximum atomic E-state index is 13.1. The number of hydrogen-bond donors (Lipinski definition) is 0. The van der Waals surface area contributed by atoms with E-state index in [0.29, 0.717) is 15.7 Å². The van der Waals surface area contributed by atoms with E-state index in [-0.39, 0.29) is 37.2 Å². The molecule has 0 atom stereocenters. The largest absolute Gasteiger partial charge is 0.416 e. The summed E-state index contributed by atoms with van der Waals surface area (Å²) in [5, 5.41) is 4.08. The summed E-state index contributed by atoms with van der Waals surface area (Å²) in [5.74, 6) is -0.193. The van der Waals surface area contributed by atoms with Crippen LogP contribution in [0, 0.1) is 13.8 Å². The van der Waals surface area contributed by atoms with Gasteiger partial charge in [-0.05, 0) is 38.1 Å². The zero-order chi connectivity index (χ0) is 21.8. The van der Waals surface area contributed by atoms with Crippen LogP contribution >= 0.6 is 0 Å². The van der Waals surface area contributed by atoms with Crippen LogP contribution in [-0.2, 0) is 22.4 Å². The fraction of sp³-hybridized carbons (Fsp3) is 0.375. The van der Waals surface area contributed by atoms with Crippen molar-refractivity contribution in [1.29, 1.82) is 0 Å². The van der Waals surface area contributed by atoms with Gasteiger partial charge in [-0.3, -0.25) is 0 Å². The van der Waals surface area contributed by atoms with Gasteiger partial charge in [-0.1, -0.05) is 0 Å². The number of hydrogen-bond acceptors (Lipinski definition) is 4. The van der Waals surface area contributed by atoms with Gasteiger partial charge in [0.25, 0.3) is 10.0 Å². The maximum absolute atomic E-state index is 13.1. The Kier molecular flexibility index (Phi) is 4.92. The minimum Gasteiger partial charge on any atom is -0.248 e. The van der Waals surface area contributed by atoms with Crippen molar-refractivity contribution in [1.82, 2.24) is 14.1 Å². The number of aromatic nitrogens is 2. The van der Waals surface area contributed by atoms with Gasteiger partial charge in [-0.25, -0.2) is 22.4 Å². The molecule has 2 heterocycles. The van der Waals surface area contributed by atoms with Gasteiger partial charge in [0.1, 0.15) is 0 Å². The number of benzene rings is 1. The average Bonchev–Trinajstić information content (AvgIpc) is 3.19. The molecule has 13 heteroatoms.